The van der Waals surface area contributed by atoms with Crippen LogP contribution in [0.3, 0.4) is 0 Å². The molecule has 3 nitrogen and oxygen atoms in total. The van der Waals surface area contributed by atoms with Crippen molar-refractivity contribution in [3.05, 3.63) is 36.3 Å². The third kappa shape index (κ3) is 2.29. The Morgan fingerprint density at radius 3 is 3.17 bits per heavy atom. The molecule has 1 saturated heterocycles. The molecule has 1 aromatic heterocycles. The zero-order chi connectivity index (χ0) is 12.4. The Labute approximate surface area is 105 Å². The smallest absolute Gasteiger partial charge is 0.221 e. The van der Waals surface area contributed by atoms with Crippen molar-refractivity contribution in [1.82, 2.24) is 10.3 Å². The second-order valence-electron chi connectivity index (χ2n) is 4.59. The van der Waals surface area contributed by atoms with Gasteiger partial charge in [-0.15, -0.1) is 0 Å². The van der Waals surface area contributed by atoms with Gasteiger partial charge >= 0.3 is 0 Å². The van der Waals surface area contributed by atoms with Crippen LogP contribution >= 0.6 is 0 Å². The lowest BCUT2D eigenvalue weighted by atomic mass is 10.1. The van der Waals surface area contributed by atoms with Crippen molar-refractivity contribution in [2.75, 3.05) is 13.2 Å². The molecule has 94 valence electrons. The fourth-order valence-electron chi connectivity index (χ4n) is 2.31. The van der Waals surface area contributed by atoms with E-state index >= 15 is 0 Å². The molecule has 1 atom stereocenters. The summed E-state index contributed by atoms with van der Waals surface area (Å²) in [6.07, 6.45) is 4.00. The second-order valence-corrected chi connectivity index (χ2v) is 4.59. The summed E-state index contributed by atoms with van der Waals surface area (Å²) in [5.41, 5.74) is 0. The number of nitrogens with one attached hydrogen (secondary N) is 1. The fourth-order valence-corrected chi connectivity index (χ4v) is 2.31. The molecular weight excluding hydrogens is 231 g/mol. The van der Waals surface area contributed by atoms with Crippen molar-refractivity contribution in [3.8, 4) is 5.88 Å². The van der Waals surface area contributed by atoms with Gasteiger partial charge in [-0.05, 0) is 43.0 Å². The number of benzene rings is 1. The first-order valence-electron chi connectivity index (χ1n) is 6.23. The first kappa shape index (κ1) is 11.4. The third-order valence-electron chi connectivity index (χ3n) is 3.28. The summed E-state index contributed by atoms with van der Waals surface area (Å²) >= 11 is 0. The zero-order valence-electron chi connectivity index (χ0n) is 10.0. The molecule has 1 aromatic carbocycles. The molecular formula is C14H15FN2O. The number of ether oxygens (including phenoxy) is 1. The van der Waals surface area contributed by atoms with Crippen LogP contribution in [0.4, 0.5) is 4.39 Å². The summed E-state index contributed by atoms with van der Waals surface area (Å²) in [7, 11) is 0. The number of hydrogen-bond donors (Lipinski definition) is 1. The first-order valence-corrected chi connectivity index (χ1v) is 6.23. The molecule has 1 aliphatic rings. The normalized spacial score (nSPS) is 19.3. The van der Waals surface area contributed by atoms with E-state index < -0.39 is 0 Å². The molecule has 0 bridgehead atoms. The van der Waals surface area contributed by atoms with Crippen molar-refractivity contribution in [1.29, 1.82) is 0 Å². The van der Waals surface area contributed by atoms with Crippen molar-refractivity contribution in [2.45, 2.75) is 18.9 Å². The van der Waals surface area contributed by atoms with Gasteiger partial charge < -0.3 is 10.1 Å². The van der Waals surface area contributed by atoms with Crippen molar-refractivity contribution in [2.24, 2.45) is 0 Å². The molecule has 1 N–H and O–H groups in total. The van der Waals surface area contributed by atoms with E-state index in [2.05, 4.69) is 10.3 Å². The highest BCUT2D eigenvalue weighted by atomic mass is 19.1. The number of aromatic nitrogens is 1. The van der Waals surface area contributed by atoms with Crippen LogP contribution < -0.4 is 10.1 Å². The van der Waals surface area contributed by atoms with Gasteiger partial charge in [0.15, 0.2) is 0 Å². The van der Waals surface area contributed by atoms with Crippen molar-refractivity contribution in [3.63, 3.8) is 0 Å². The van der Waals surface area contributed by atoms with Crippen LogP contribution in [0.25, 0.3) is 10.8 Å². The van der Waals surface area contributed by atoms with E-state index in [0.29, 0.717) is 18.5 Å². The minimum Gasteiger partial charge on any atom is -0.476 e. The van der Waals surface area contributed by atoms with Gasteiger partial charge in [-0.25, -0.2) is 9.37 Å². The van der Waals surface area contributed by atoms with Gasteiger partial charge in [-0.3, -0.25) is 0 Å². The summed E-state index contributed by atoms with van der Waals surface area (Å²) in [4.78, 5) is 4.19. The maximum Gasteiger partial charge on any atom is 0.221 e. The minimum atomic E-state index is -0.264. The van der Waals surface area contributed by atoms with E-state index in [9.17, 15) is 4.39 Å². The monoisotopic (exact) mass is 246 g/mol. The molecule has 1 aliphatic heterocycles. The molecule has 0 amide bonds. The number of nitrogens with zero attached hydrogens (tertiary/aromatic N) is 1. The number of pyridine rings is 1. The lowest BCUT2D eigenvalue weighted by molar-refractivity contribution is 0.271. The van der Waals surface area contributed by atoms with Crippen LogP contribution in [-0.2, 0) is 0 Å². The Morgan fingerprint density at radius 2 is 2.33 bits per heavy atom. The number of hydrogen-bond acceptors (Lipinski definition) is 3. The predicted octanol–water partition coefficient (Wildman–Crippen LogP) is 2.50. The lowest BCUT2D eigenvalue weighted by Gasteiger charge is -2.12. The van der Waals surface area contributed by atoms with Crippen molar-refractivity contribution >= 4 is 10.8 Å². The quantitative estimate of drug-likeness (QED) is 0.903. The van der Waals surface area contributed by atoms with Crippen LogP contribution in [0.1, 0.15) is 12.8 Å². The Bertz CT molecular complexity index is 552. The number of rotatable bonds is 3. The Kier molecular flexibility index (Phi) is 3.11. The van der Waals surface area contributed by atoms with Crippen LogP contribution in [-0.4, -0.2) is 24.2 Å². The molecule has 3 rings (SSSR count). The molecule has 0 aliphatic carbocycles. The molecule has 0 spiro atoms. The molecule has 0 radical (unpaired) electrons. The van der Waals surface area contributed by atoms with E-state index in [1.54, 1.807) is 12.3 Å². The fraction of sp³-hybridized carbons (Fsp3) is 0.357. The van der Waals surface area contributed by atoms with Crippen molar-refractivity contribution < 1.29 is 9.13 Å². The zero-order valence-corrected chi connectivity index (χ0v) is 10.0. The minimum absolute atomic E-state index is 0.264. The maximum atomic E-state index is 13.3. The highest BCUT2D eigenvalue weighted by Gasteiger charge is 2.15. The first-order chi connectivity index (χ1) is 8.83. The molecule has 2 aromatic rings. The van der Waals surface area contributed by atoms with Gasteiger partial charge in [-0.2, -0.15) is 0 Å². The summed E-state index contributed by atoms with van der Waals surface area (Å²) in [6, 6.07) is 6.91. The standard InChI is InChI=1S/C14H15FN2O/c15-11-4-3-10-5-7-17-14(13(10)8-11)18-9-12-2-1-6-16-12/h3-5,7-8,12,16H,1-2,6,9H2. The van der Waals surface area contributed by atoms with E-state index in [4.69, 9.17) is 4.74 Å². The lowest BCUT2D eigenvalue weighted by Crippen LogP contribution is -2.28. The van der Waals surface area contributed by atoms with Gasteiger partial charge in [0.1, 0.15) is 12.4 Å². The molecule has 4 heteroatoms. The Hall–Kier alpha value is -1.68. The topological polar surface area (TPSA) is 34.1 Å². The summed E-state index contributed by atoms with van der Waals surface area (Å²) < 4.78 is 19.0. The van der Waals surface area contributed by atoms with Gasteiger partial charge in [0.2, 0.25) is 5.88 Å². The summed E-state index contributed by atoms with van der Waals surface area (Å²) in [6.45, 7) is 1.63. The second kappa shape index (κ2) is 4.90. The van der Waals surface area contributed by atoms with E-state index in [1.165, 1.54) is 18.6 Å². The molecule has 1 fully saturated rings. The number of halogens is 1. The van der Waals surface area contributed by atoms with E-state index in [-0.39, 0.29) is 5.82 Å². The summed E-state index contributed by atoms with van der Waals surface area (Å²) in [5.74, 6) is 0.250. The van der Waals surface area contributed by atoms with Crippen LogP contribution in [0.2, 0.25) is 0 Å². The van der Waals surface area contributed by atoms with Crippen LogP contribution in [0.15, 0.2) is 30.5 Å². The van der Waals surface area contributed by atoms with E-state index in [0.717, 1.165) is 23.7 Å². The van der Waals surface area contributed by atoms with Gasteiger partial charge in [0.05, 0.1) is 0 Å². The average molecular weight is 246 g/mol. The average Bonchev–Trinajstić information content (AvgIpc) is 2.89. The molecule has 1 unspecified atom stereocenters. The highest BCUT2D eigenvalue weighted by molar-refractivity contribution is 5.86. The summed E-state index contributed by atoms with van der Waals surface area (Å²) in [5, 5.41) is 5.04. The van der Waals surface area contributed by atoms with Gasteiger partial charge in [-0.1, -0.05) is 6.07 Å². The maximum absolute atomic E-state index is 13.3. The van der Waals surface area contributed by atoms with Gasteiger partial charge in [0.25, 0.3) is 0 Å². The predicted molar refractivity (Wildman–Crippen MR) is 68.2 cm³/mol. The largest absolute Gasteiger partial charge is 0.476 e. The highest BCUT2D eigenvalue weighted by Crippen LogP contribution is 2.24. The Balaban J connectivity index is 1.84. The number of fused-ring (bicyclic) bond motifs is 1. The molecule has 18 heavy (non-hydrogen) atoms. The van der Waals surface area contributed by atoms with Gasteiger partial charge in [0, 0.05) is 17.6 Å². The molecule has 2 heterocycles. The van der Waals surface area contributed by atoms with Crippen LogP contribution in [0, 0.1) is 5.82 Å². The third-order valence-corrected chi connectivity index (χ3v) is 3.28. The van der Waals surface area contributed by atoms with Crippen LogP contribution in [0.5, 0.6) is 5.88 Å². The Morgan fingerprint density at radius 1 is 1.39 bits per heavy atom. The molecule has 0 saturated carbocycles. The SMILES string of the molecule is Fc1ccc2ccnc(OCC3CCCN3)c2c1. The van der Waals surface area contributed by atoms with E-state index in [1.807, 2.05) is 6.07 Å².